The van der Waals surface area contributed by atoms with Crippen LogP contribution in [0.3, 0.4) is 0 Å². The van der Waals surface area contributed by atoms with Crippen molar-refractivity contribution in [1.82, 2.24) is 0 Å². The third kappa shape index (κ3) is 4.02. The van der Waals surface area contributed by atoms with Crippen LogP contribution in [0.25, 0.3) is 0 Å². The third-order valence-electron chi connectivity index (χ3n) is 1.45. The van der Waals surface area contributed by atoms with E-state index in [1.165, 1.54) is 0 Å². The van der Waals surface area contributed by atoms with E-state index in [4.69, 9.17) is 0 Å². The molecule has 3 nitrogen and oxygen atoms in total. The fourth-order valence-corrected chi connectivity index (χ4v) is 3.68. The Labute approximate surface area is 87.3 Å². The molecule has 14 heavy (non-hydrogen) atoms. The van der Waals surface area contributed by atoms with E-state index in [0.717, 1.165) is 5.56 Å². The van der Waals surface area contributed by atoms with Gasteiger partial charge in [0, 0.05) is 0 Å². The summed E-state index contributed by atoms with van der Waals surface area (Å²) in [4.78, 5) is 0. The summed E-state index contributed by atoms with van der Waals surface area (Å²) in [6.07, 6.45) is 3.56. The monoisotopic (exact) mass is 231 g/mol. The van der Waals surface area contributed by atoms with Crippen LogP contribution < -0.4 is 0 Å². The van der Waals surface area contributed by atoms with Gasteiger partial charge >= 0.3 is 0 Å². The second-order valence-corrected chi connectivity index (χ2v) is 6.66. The largest absolute Gasteiger partial charge is 0.262 e. The van der Waals surface area contributed by atoms with Crippen molar-refractivity contribution in [3.63, 3.8) is 0 Å². The Morgan fingerprint density at radius 3 is 2.29 bits per heavy atom. The van der Waals surface area contributed by atoms with E-state index in [1.807, 2.05) is 18.2 Å². The van der Waals surface area contributed by atoms with Crippen LogP contribution in [-0.4, -0.2) is 20.9 Å². The predicted molar refractivity (Wildman–Crippen MR) is 60.7 cm³/mol. The van der Waals surface area contributed by atoms with Gasteiger partial charge in [-0.15, -0.1) is 3.77 Å². The Morgan fingerprint density at radius 1 is 1.21 bits per heavy atom. The van der Waals surface area contributed by atoms with Crippen LogP contribution in [0.5, 0.6) is 0 Å². The molecular formula is C9H13NO2S2. The molecule has 0 bridgehead atoms. The van der Waals surface area contributed by atoms with E-state index < -0.39 is 20.7 Å². The highest BCUT2D eigenvalue weighted by Gasteiger charge is 2.08. The first-order valence-electron chi connectivity index (χ1n) is 4.07. The average molecular weight is 231 g/mol. The summed E-state index contributed by atoms with van der Waals surface area (Å²) in [5.41, 5.74) is 0.779. The topological polar surface area (TPSA) is 46.5 Å². The zero-order valence-corrected chi connectivity index (χ0v) is 9.81. The second-order valence-electron chi connectivity index (χ2n) is 3.06. The molecule has 0 atom stereocenters. The van der Waals surface area contributed by atoms with Crippen LogP contribution in [0.1, 0.15) is 5.56 Å². The van der Waals surface area contributed by atoms with Gasteiger partial charge in [-0.3, -0.25) is 0 Å². The first-order valence-corrected chi connectivity index (χ1v) is 7.68. The molecule has 1 aromatic carbocycles. The normalized spacial score (nSPS) is 11.6. The fraction of sp³-hybridized carbons (Fsp3) is 0.333. The number of nitrogens with zero attached hydrogens (tertiary/aromatic N) is 1. The van der Waals surface area contributed by atoms with Crippen LogP contribution in [0.15, 0.2) is 34.1 Å². The van der Waals surface area contributed by atoms with Crippen molar-refractivity contribution in [3.8, 4) is 0 Å². The SMILES string of the molecule is CS(C)=NS(=O)(=O)Cc1ccccc1. The van der Waals surface area contributed by atoms with Crippen molar-refractivity contribution in [2.75, 3.05) is 12.5 Å². The molecule has 0 aromatic heterocycles. The van der Waals surface area contributed by atoms with Crippen molar-refractivity contribution in [2.45, 2.75) is 5.75 Å². The molecule has 0 spiro atoms. The van der Waals surface area contributed by atoms with E-state index in [2.05, 4.69) is 3.77 Å². The van der Waals surface area contributed by atoms with E-state index in [-0.39, 0.29) is 5.75 Å². The minimum Gasteiger partial charge on any atom is -0.204 e. The van der Waals surface area contributed by atoms with Crippen LogP contribution in [0.4, 0.5) is 0 Å². The molecule has 0 unspecified atom stereocenters. The maximum absolute atomic E-state index is 11.5. The summed E-state index contributed by atoms with van der Waals surface area (Å²) < 4.78 is 26.6. The average Bonchev–Trinajstić information content (AvgIpc) is 2.02. The van der Waals surface area contributed by atoms with Crippen LogP contribution in [-0.2, 0) is 26.5 Å². The van der Waals surface area contributed by atoms with E-state index in [1.54, 1.807) is 24.6 Å². The Hall–Kier alpha value is -0.680. The smallest absolute Gasteiger partial charge is 0.204 e. The molecule has 78 valence electrons. The van der Waals surface area contributed by atoms with Crippen LogP contribution >= 0.6 is 0 Å². The van der Waals surface area contributed by atoms with E-state index in [9.17, 15) is 8.42 Å². The number of hydrogen-bond acceptors (Lipinski definition) is 2. The van der Waals surface area contributed by atoms with E-state index >= 15 is 0 Å². The van der Waals surface area contributed by atoms with Crippen molar-refractivity contribution in [3.05, 3.63) is 35.9 Å². The maximum Gasteiger partial charge on any atom is 0.262 e. The number of rotatable bonds is 3. The van der Waals surface area contributed by atoms with Gasteiger partial charge in [-0.1, -0.05) is 41.0 Å². The molecule has 0 saturated carbocycles. The molecule has 0 aliphatic rings. The minimum atomic E-state index is -3.30. The van der Waals surface area contributed by atoms with E-state index in [0.29, 0.717) is 0 Å². The summed E-state index contributed by atoms with van der Waals surface area (Å²) in [5, 5.41) is 0. The second kappa shape index (κ2) is 4.70. The van der Waals surface area contributed by atoms with Crippen molar-refractivity contribution < 1.29 is 8.42 Å². The molecule has 0 aliphatic heterocycles. The minimum absolute atomic E-state index is 0.000972. The summed E-state index contributed by atoms with van der Waals surface area (Å²) >= 11 is 0. The molecule has 0 saturated heterocycles. The zero-order chi connectivity index (χ0) is 10.6. The summed E-state index contributed by atoms with van der Waals surface area (Å²) in [6.45, 7) is 0. The lowest BCUT2D eigenvalue weighted by molar-refractivity contribution is 0.598. The Bertz CT molecular complexity index is 419. The lowest BCUT2D eigenvalue weighted by Gasteiger charge is -1.99. The highest BCUT2D eigenvalue weighted by atomic mass is 32.3. The van der Waals surface area contributed by atoms with Gasteiger partial charge in [-0.25, -0.2) is 8.42 Å². The molecule has 0 N–H and O–H groups in total. The first-order chi connectivity index (χ1) is 6.49. The number of benzene rings is 1. The standard InChI is InChI=1S/C9H13NO2S2/c1-13(2)10-14(11,12)8-9-6-4-3-5-7-9/h3-7H,8H2,1-2H3. The molecule has 5 heteroatoms. The predicted octanol–water partition coefficient (Wildman–Crippen LogP) is 1.58. The molecule has 1 rings (SSSR count). The van der Waals surface area contributed by atoms with Crippen molar-refractivity contribution in [1.29, 1.82) is 0 Å². The van der Waals surface area contributed by atoms with Gasteiger partial charge in [0.1, 0.15) is 0 Å². The van der Waals surface area contributed by atoms with Gasteiger partial charge in [-0.05, 0) is 18.1 Å². The number of sulfonamides is 1. The highest BCUT2D eigenvalue weighted by molar-refractivity contribution is 7.99. The lowest BCUT2D eigenvalue weighted by atomic mass is 10.2. The Kier molecular flexibility index (Phi) is 3.83. The van der Waals surface area contributed by atoms with Gasteiger partial charge in [0.25, 0.3) is 10.0 Å². The number of hydrogen-bond donors (Lipinski definition) is 0. The van der Waals surface area contributed by atoms with Gasteiger partial charge in [0.2, 0.25) is 0 Å². The zero-order valence-electron chi connectivity index (χ0n) is 8.17. The van der Waals surface area contributed by atoms with Gasteiger partial charge in [0.15, 0.2) is 0 Å². The Morgan fingerprint density at radius 2 is 1.79 bits per heavy atom. The fourth-order valence-electron chi connectivity index (χ4n) is 1.04. The van der Waals surface area contributed by atoms with Crippen molar-refractivity contribution >= 4 is 20.7 Å². The summed E-state index contributed by atoms with van der Waals surface area (Å²) in [7, 11) is -3.72. The summed E-state index contributed by atoms with van der Waals surface area (Å²) in [5.74, 6) is -0.000972. The van der Waals surface area contributed by atoms with Crippen LogP contribution in [0.2, 0.25) is 0 Å². The molecule has 0 heterocycles. The molecule has 0 radical (unpaired) electrons. The molecule has 1 aromatic rings. The Balaban J connectivity index is 2.85. The lowest BCUT2D eigenvalue weighted by Crippen LogP contribution is -2.01. The van der Waals surface area contributed by atoms with Gasteiger partial charge in [0.05, 0.1) is 5.75 Å². The van der Waals surface area contributed by atoms with Crippen LogP contribution in [0, 0.1) is 0 Å². The van der Waals surface area contributed by atoms with Gasteiger partial charge in [-0.2, -0.15) is 0 Å². The molecule has 0 amide bonds. The maximum atomic E-state index is 11.5. The highest BCUT2D eigenvalue weighted by Crippen LogP contribution is 2.07. The third-order valence-corrected chi connectivity index (χ3v) is 4.25. The molecule has 0 aliphatic carbocycles. The molecular weight excluding hydrogens is 218 g/mol. The summed E-state index contributed by atoms with van der Waals surface area (Å²) in [6, 6.07) is 9.08. The molecule has 0 fully saturated rings. The van der Waals surface area contributed by atoms with Crippen molar-refractivity contribution in [2.24, 2.45) is 3.77 Å². The van der Waals surface area contributed by atoms with Gasteiger partial charge < -0.3 is 0 Å². The quantitative estimate of drug-likeness (QED) is 0.793. The first kappa shape index (κ1) is 11.4.